The van der Waals surface area contributed by atoms with Gasteiger partial charge in [-0.1, -0.05) is 39.1 Å². The van der Waals surface area contributed by atoms with Crippen molar-refractivity contribution in [3.8, 4) is 0 Å². The van der Waals surface area contributed by atoms with Crippen molar-refractivity contribution in [2.75, 3.05) is 0 Å². The van der Waals surface area contributed by atoms with E-state index in [1.807, 2.05) is 0 Å². The van der Waals surface area contributed by atoms with Gasteiger partial charge < -0.3 is 14.9 Å². The van der Waals surface area contributed by atoms with Gasteiger partial charge in [-0.3, -0.25) is 0 Å². The van der Waals surface area contributed by atoms with Crippen LogP contribution in [-0.2, 0) is 25.8 Å². The Kier molecular flexibility index (Phi) is 7.17. The van der Waals surface area contributed by atoms with Crippen LogP contribution in [0.25, 0.3) is 21.5 Å². The molecule has 4 aromatic rings. The summed E-state index contributed by atoms with van der Waals surface area (Å²) in [6, 6.07) is 22.4. The van der Waals surface area contributed by atoms with Crippen molar-refractivity contribution >= 4 is 40.0 Å². The monoisotopic (exact) mass is 524 g/mol. The van der Waals surface area contributed by atoms with Crippen molar-refractivity contribution in [2.45, 2.75) is 26.9 Å². The zero-order chi connectivity index (χ0) is 16.2. The van der Waals surface area contributed by atoms with Gasteiger partial charge in [-0.2, -0.15) is 10.4 Å². The van der Waals surface area contributed by atoms with Gasteiger partial charge in [0.15, 0.2) is 0 Å². The van der Waals surface area contributed by atoms with Gasteiger partial charge in [-0.25, -0.2) is 0 Å². The second-order valence-corrected chi connectivity index (χ2v) is 11.5. The molecule has 0 nitrogen and oxygen atoms in total. The maximum Gasteiger partial charge on any atom is 4.00 e. The average molecular weight is 523 g/mol. The normalized spacial score (nSPS) is 10.9. The number of hydrogen-bond donors (Lipinski definition) is 0. The van der Waals surface area contributed by atoms with E-state index in [9.17, 15) is 0 Å². The zero-order valence-electron chi connectivity index (χ0n) is 16.8. The Hall–Kier alpha value is -1.25. The zero-order valence-corrected chi connectivity index (χ0v) is 21.4. The van der Waals surface area contributed by atoms with Gasteiger partial charge in [-0.15, -0.1) is 81.2 Å². The van der Waals surface area contributed by atoms with Crippen LogP contribution in [-0.4, -0.2) is 8.07 Å². The van der Waals surface area contributed by atoms with Gasteiger partial charge in [0.05, 0.1) is 0 Å². The number of aryl methyl sites for hydroxylation is 2. The molecule has 0 aliphatic heterocycles. The second-order valence-electron chi connectivity index (χ2n) is 7.20. The molecule has 4 aromatic carbocycles. The molecule has 0 unspecified atom stereocenters. The molecule has 0 aliphatic rings. The van der Waals surface area contributed by atoms with E-state index in [0.29, 0.717) is 0 Å². The quantitative estimate of drug-likeness (QED) is 0.232. The fraction of sp³-hybridized carbons (Fsp3) is 0.167. The summed E-state index contributed by atoms with van der Waals surface area (Å²) in [6.07, 6.45) is 0. The number of fused-ring (bicyclic) bond motifs is 2. The molecule has 0 N–H and O–H groups in total. The summed E-state index contributed by atoms with van der Waals surface area (Å²) in [5, 5.41) is 8.88. The Morgan fingerprint density at radius 1 is 0.654 bits per heavy atom. The molecule has 0 radical (unpaired) electrons. The Morgan fingerprint density at radius 2 is 1.00 bits per heavy atom. The summed E-state index contributed by atoms with van der Waals surface area (Å²) in [5.41, 5.74) is 2.90. The van der Waals surface area contributed by atoms with Crippen molar-refractivity contribution in [1.82, 2.24) is 0 Å². The smallest absolute Gasteiger partial charge is 0.358 e. The van der Waals surface area contributed by atoms with Crippen LogP contribution < -0.4 is 10.4 Å². The maximum absolute atomic E-state index is 2.51. The van der Waals surface area contributed by atoms with E-state index in [1.165, 1.54) is 32.7 Å². The molecule has 0 amide bonds. The van der Waals surface area contributed by atoms with Crippen LogP contribution in [0.1, 0.15) is 11.1 Å². The molecule has 0 saturated carbocycles. The van der Waals surface area contributed by atoms with Gasteiger partial charge >= 0.3 is 25.8 Å². The van der Waals surface area contributed by atoms with Crippen LogP contribution in [0.15, 0.2) is 60.7 Å². The summed E-state index contributed by atoms with van der Waals surface area (Å²) in [7, 11) is -1.77. The third-order valence-electron chi connectivity index (χ3n) is 5.24. The van der Waals surface area contributed by atoms with E-state index in [-0.39, 0.29) is 40.7 Å². The van der Waals surface area contributed by atoms with Crippen LogP contribution in [0.3, 0.4) is 0 Å². The maximum atomic E-state index is 2.51. The summed E-state index contributed by atoms with van der Waals surface area (Å²) in [6.45, 7) is 9.59. The Morgan fingerprint density at radius 3 is 1.38 bits per heavy atom. The average Bonchev–Trinajstić information content (AvgIpc) is 3.02. The summed E-state index contributed by atoms with van der Waals surface area (Å²) in [4.78, 5) is 0. The van der Waals surface area contributed by atoms with Crippen LogP contribution >= 0.6 is 0 Å². The Balaban J connectivity index is 0.00000113. The van der Waals surface area contributed by atoms with Gasteiger partial charge in [0, 0.05) is 8.07 Å². The molecule has 0 aromatic heterocycles. The largest absolute Gasteiger partial charge is 4.00 e. The van der Waals surface area contributed by atoms with E-state index in [4.69, 9.17) is 0 Å². The van der Waals surface area contributed by atoms with Gasteiger partial charge in [0.2, 0.25) is 0 Å². The van der Waals surface area contributed by atoms with Crippen LogP contribution in [0.5, 0.6) is 0 Å². The third-order valence-corrected chi connectivity index (χ3v) is 9.07. The van der Waals surface area contributed by atoms with Crippen molar-refractivity contribution in [2.24, 2.45) is 0 Å². The summed E-state index contributed by atoms with van der Waals surface area (Å²) in [5.74, 6) is 0. The predicted molar refractivity (Wildman–Crippen MR) is 118 cm³/mol. The van der Waals surface area contributed by atoms with Crippen LogP contribution in [0, 0.1) is 28.7 Å². The van der Waals surface area contributed by atoms with E-state index < -0.39 is 8.07 Å². The molecule has 4 rings (SSSR count). The minimum atomic E-state index is -1.77. The first-order chi connectivity index (χ1) is 11.0. The molecule has 26 heavy (non-hydrogen) atoms. The first-order valence-corrected chi connectivity index (χ1v) is 11.3. The number of benzene rings is 2. The second kappa shape index (κ2) is 8.18. The minimum Gasteiger partial charge on any atom is -0.358 e. The molecule has 0 fully saturated rings. The van der Waals surface area contributed by atoms with Gasteiger partial charge in [0.25, 0.3) is 0 Å². The van der Waals surface area contributed by atoms with Crippen LogP contribution in [0.4, 0.5) is 0 Å². The molecule has 0 bridgehead atoms. The van der Waals surface area contributed by atoms with Crippen molar-refractivity contribution in [1.29, 1.82) is 0 Å². The minimum absolute atomic E-state index is 0. The molecule has 0 heterocycles. The first kappa shape index (κ1) is 22.8. The number of rotatable bonds is 2. The van der Waals surface area contributed by atoms with E-state index in [0.717, 1.165) is 0 Å². The van der Waals surface area contributed by atoms with E-state index in [2.05, 4.69) is 87.6 Å². The Labute approximate surface area is 178 Å². The van der Waals surface area contributed by atoms with Crippen molar-refractivity contribution < 1.29 is 25.8 Å². The van der Waals surface area contributed by atoms with Crippen LogP contribution in [0.2, 0.25) is 13.1 Å². The fourth-order valence-corrected chi connectivity index (χ4v) is 8.69. The molecule has 2 heteroatoms. The molecular weight excluding hydrogens is 495 g/mol. The van der Waals surface area contributed by atoms with E-state index >= 15 is 0 Å². The van der Waals surface area contributed by atoms with E-state index in [1.54, 1.807) is 10.4 Å². The van der Waals surface area contributed by atoms with Crippen molar-refractivity contribution in [3.63, 3.8) is 0 Å². The van der Waals surface area contributed by atoms with Crippen molar-refractivity contribution in [3.05, 3.63) is 86.6 Å². The molecule has 132 valence electrons. The van der Waals surface area contributed by atoms with Gasteiger partial charge in [-0.05, 0) is 0 Å². The van der Waals surface area contributed by atoms with Gasteiger partial charge in [0.1, 0.15) is 0 Å². The summed E-state index contributed by atoms with van der Waals surface area (Å²) >= 11 is 0. The molecule has 0 saturated heterocycles. The third kappa shape index (κ3) is 3.34. The summed E-state index contributed by atoms with van der Waals surface area (Å²) < 4.78 is 0. The molecular formula is C24H28HfSi. The topological polar surface area (TPSA) is 0 Å². The molecule has 0 atom stereocenters. The molecule has 0 aliphatic carbocycles. The standard InChI is InChI=1S/C22H22Si.2CH3.Hf/c1-15-13-17-9-5-7-11-19(17)21(15)23(3,4)22-16(2)14-18-10-6-8-12-20(18)22;;;/h5-14H,1-4H3;2*1H3;/q-2;2*-1;+4. The number of hydrogen-bond acceptors (Lipinski definition) is 0. The fourth-order valence-electron chi connectivity index (χ4n) is 4.52. The first-order valence-electron chi connectivity index (χ1n) is 8.31. The Bertz CT molecular complexity index is 935. The predicted octanol–water partition coefficient (Wildman–Crippen LogP) is 5.77. The molecule has 0 spiro atoms. The SMILES string of the molecule is Cc1[cH-]c2ccccc2c1[Si](C)(C)c1c(C)[cH-]c2ccccc12.[CH3-].[CH3-].[Hf+4].